The zero-order chi connectivity index (χ0) is 17.1. The second-order valence-electron chi connectivity index (χ2n) is 4.85. The number of benzene rings is 2. The van der Waals surface area contributed by atoms with Gasteiger partial charge in [0.1, 0.15) is 0 Å². The predicted octanol–water partition coefficient (Wildman–Crippen LogP) is 1.78. The Morgan fingerprint density at radius 1 is 0.760 bits per heavy atom. The van der Waals surface area contributed by atoms with E-state index in [1.165, 1.54) is 12.1 Å². The summed E-state index contributed by atoms with van der Waals surface area (Å²) in [4.78, 5) is 21.1. The third-order valence-corrected chi connectivity index (χ3v) is 3.27. The van der Waals surface area contributed by atoms with Gasteiger partial charge in [-0.3, -0.25) is 0 Å². The Bertz CT molecular complexity index is 957. The van der Waals surface area contributed by atoms with Crippen molar-refractivity contribution in [2.45, 2.75) is 0 Å². The molecule has 0 aliphatic heterocycles. The molecule has 2 aromatic carbocycles. The van der Waals surface area contributed by atoms with Gasteiger partial charge in [-0.2, -0.15) is 0 Å². The predicted molar refractivity (Wildman–Crippen MR) is 84.0 cm³/mol. The minimum Gasteiger partial charge on any atom is -0.575 e. The average molecular weight is 519 g/mol. The van der Waals surface area contributed by atoms with Gasteiger partial charge in [0.05, 0.1) is 11.1 Å². The summed E-state index contributed by atoms with van der Waals surface area (Å²) in [5.41, 5.74) is 1.97. The van der Waals surface area contributed by atoms with Crippen molar-refractivity contribution in [2.24, 2.45) is 0 Å². The second kappa shape index (κ2) is 7.75. The van der Waals surface area contributed by atoms with E-state index in [9.17, 15) is 9.59 Å². The van der Waals surface area contributed by atoms with E-state index in [2.05, 4.69) is 20.4 Å². The van der Waals surface area contributed by atoms with Crippen LogP contribution in [0.3, 0.4) is 0 Å². The number of nitrogens with zero attached hydrogens (tertiary/aromatic N) is 4. The first-order chi connectivity index (χ1) is 11.5. The Morgan fingerprint density at radius 3 is 1.52 bits per heavy atom. The fourth-order valence-electron chi connectivity index (χ4n) is 2.07. The molecule has 0 aliphatic carbocycles. The largest absolute Gasteiger partial charge is 0.575 e. The van der Waals surface area contributed by atoms with Crippen molar-refractivity contribution in [3.63, 3.8) is 0 Å². The molecule has 4 rings (SSSR count). The minimum atomic E-state index is -0.932. The van der Waals surface area contributed by atoms with E-state index in [0.717, 1.165) is 21.8 Å². The van der Waals surface area contributed by atoms with Crippen LogP contribution in [0, 0.1) is 0 Å². The van der Waals surface area contributed by atoms with E-state index in [1.54, 1.807) is 36.7 Å². The van der Waals surface area contributed by atoms with Gasteiger partial charge in [0, 0.05) is 34.8 Å². The molecule has 131 valence electrons. The number of rotatable bonds is 2. The fraction of sp³-hybridized carbons (Fsp3) is 0. The zero-order valence-electron chi connectivity index (χ0n) is 12.4. The van der Waals surface area contributed by atoms with E-state index < -0.39 is 11.9 Å². The quantitative estimate of drug-likeness (QED) is 0.384. The summed E-state index contributed by atoms with van der Waals surface area (Å²) in [6.07, 6.45) is 3.09. The molecule has 4 aromatic rings. The fourth-order valence-corrected chi connectivity index (χ4v) is 2.07. The molecule has 0 bridgehead atoms. The summed E-state index contributed by atoms with van der Waals surface area (Å²) in [6.45, 7) is 0. The van der Waals surface area contributed by atoms with Crippen molar-refractivity contribution in [3.8, 4) is 0 Å². The van der Waals surface area contributed by atoms with Crippen LogP contribution in [-0.2, 0) is 22.4 Å². The molecule has 9 heteroatoms. The maximum Gasteiger partial charge on any atom is 0.335 e. The van der Waals surface area contributed by atoms with Gasteiger partial charge in [-0.1, -0.05) is 12.1 Å². The zero-order valence-corrected chi connectivity index (χ0v) is 14.6. The number of aromatic nitrogens is 4. The van der Waals surface area contributed by atoms with E-state index in [0.29, 0.717) is 0 Å². The molecule has 0 atom stereocenters. The maximum atomic E-state index is 10.5. The Morgan fingerprint density at radius 2 is 1.16 bits per heavy atom. The molecule has 0 spiro atoms. The molecule has 25 heavy (non-hydrogen) atoms. The number of hydrogen-bond acceptors (Lipinski definition) is 4. The van der Waals surface area contributed by atoms with Crippen molar-refractivity contribution in [3.05, 3.63) is 59.9 Å². The summed E-state index contributed by atoms with van der Waals surface area (Å²) in [7, 11) is 0. The van der Waals surface area contributed by atoms with Crippen LogP contribution in [-0.4, -0.2) is 32.3 Å². The number of hydrogen-bond donors (Lipinski definition) is 2. The Balaban J connectivity index is 0.000000173. The minimum absolute atomic E-state index is 0. The van der Waals surface area contributed by atoms with Crippen molar-refractivity contribution in [1.29, 1.82) is 0 Å². The van der Waals surface area contributed by atoms with Gasteiger partial charge < -0.3 is 30.6 Å². The van der Waals surface area contributed by atoms with Gasteiger partial charge in [-0.05, 0) is 35.0 Å². The molecule has 2 heterocycles. The molecule has 0 fully saturated rings. The van der Waals surface area contributed by atoms with Crippen LogP contribution in [0.5, 0.6) is 0 Å². The van der Waals surface area contributed by atoms with E-state index >= 15 is 0 Å². The van der Waals surface area contributed by atoms with Crippen LogP contribution in [0.15, 0.2) is 48.8 Å². The van der Waals surface area contributed by atoms with Crippen LogP contribution >= 0.6 is 0 Å². The van der Waals surface area contributed by atoms with Crippen molar-refractivity contribution >= 4 is 33.7 Å². The number of aromatic carboxylic acids is 2. The molecule has 2 N–H and O–H groups in total. The van der Waals surface area contributed by atoms with Gasteiger partial charge in [-0.25, -0.2) is 9.59 Å². The molecule has 0 saturated heterocycles. The van der Waals surface area contributed by atoms with E-state index in [-0.39, 0.29) is 33.5 Å². The maximum absolute atomic E-state index is 10.5. The van der Waals surface area contributed by atoms with Crippen LogP contribution in [0.2, 0.25) is 0 Å². The Kier molecular flexibility index (Phi) is 5.71. The smallest absolute Gasteiger partial charge is 0.335 e. The summed E-state index contributed by atoms with van der Waals surface area (Å²) in [6, 6.07) is 9.42. The second-order valence-corrected chi connectivity index (χ2v) is 4.85. The summed E-state index contributed by atoms with van der Waals surface area (Å²) in [5, 5.41) is 33.7. The molecule has 0 saturated carbocycles. The van der Waals surface area contributed by atoms with Gasteiger partial charge in [0.25, 0.3) is 0 Å². The van der Waals surface area contributed by atoms with Gasteiger partial charge >= 0.3 is 11.9 Å². The topological polar surface area (TPSA) is 129 Å². The standard InChI is InChI=1S/2C8H6N2O2.Au/c2*11-8(12)5-1-2-7-6(3-5)4-9-10-7;/h2*1-4H,(H2,9,10,11,12);/p-2. The van der Waals surface area contributed by atoms with Crippen molar-refractivity contribution < 1.29 is 42.2 Å². The summed E-state index contributed by atoms with van der Waals surface area (Å²) >= 11 is 0. The van der Waals surface area contributed by atoms with Crippen LogP contribution in [0.1, 0.15) is 20.7 Å². The first-order valence-electron chi connectivity index (χ1n) is 6.77. The molecule has 0 unspecified atom stereocenters. The normalized spacial score (nSPS) is 9.92. The SMILES string of the molecule is O=C(O)c1ccc2[n-]ncc2c1.O=C(O)c1ccc2[n-]ncc2c1.[Au]. The average Bonchev–Trinajstić information content (AvgIpc) is 3.22. The number of carboxylic acids is 2. The third-order valence-electron chi connectivity index (χ3n) is 3.27. The van der Waals surface area contributed by atoms with Crippen LogP contribution in [0.25, 0.3) is 21.8 Å². The van der Waals surface area contributed by atoms with Gasteiger partial charge in [0.15, 0.2) is 0 Å². The molecular weight excluding hydrogens is 509 g/mol. The number of carbonyl (C=O) groups is 2. The van der Waals surface area contributed by atoms with E-state index in [1.807, 2.05) is 0 Å². The first kappa shape index (κ1) is 18.4. The van der Waals surface area contributed by atoms with E-state index in [4.69, 9.17) is 10.2 Å². The van der Waals surface area contributed by atoms with Gasteiger partial charge in [-0.15, -0.1) is 11.0 Å². The Hall–Kier alpha value is -2.94. The van der Waals surface area contributed by atoms with Crippen LogP contribution < -0.4 is 10.2 Å². The number of fused-ring (bicyclic) bond motifs is 2. The summed E-state index contributed by atoms with van der Waals surface area (Å²) in [5.74, 6) is -1.86. The van der Waals surface area contributed by atoms with Crippen molar-refractivity contribution in [2.75, 3.05) is 0 Å². The Labute approximate surface area is 156 Å². The van der Waals surface area contributed by atoms with Crippen LogP contribution in [0.4, 0.5) is 0 Å². The molecule has 0 aliphatic rings. The van der Waals surface area contributed by atoms with Gasteiger partial charge in [0.2, 0.25) is 0 Å². The molecule has 2 aromatic heterocycles. The number of carboxylic acid groups (broad SMARTS) is 2. The third kappa shape index (κ3) is 4.13. The molecule has 1 radical (unpaired) electrons. The molecule has 8 nitrogen and oxygen atoms in total. The molecule has 0 amide bonds. The molecular formula is C16H10AuN4O4-2. The monoisotopic (exact) mass is 519 g/mol. The summed E-state index contributed by atoms with van der Waals surface area (Å²) < 4.78 is 0. The van der Waals surface area contributed by atoms with Crippen molar-refractivity contribution in [1.82, 2.24) is 20.4 Å². The first-order valence-corrected chi connectivity index (χ1v) is 6.77.